The predicted octanol–water partition coefficient (Wildman–Crippen LogP) is 11.3. The molecule has 1 aliphatic carbocycles. The molecule has 51 heavy (non-hydrogen) atoms. The standard InChI is InChI=1S/C47H31N3O/c1-30-14-13-17-32(28-30)45-48-44(31-15-3-2-4-16-31)49-46(50-45)33-26-27-37-35-19-6-5-18-34(35)36-20-7-8-21-38(36)47(41(37)29-33)39-22-9-11-24-42(39)51-43-25-12-10-23-40(43)47/h2-29H,1H3. The molecule has 0 saturated carbocycles. The van der Waals surface area contributed by atoms with E-state index in [-0.39, 0.29) is 0 Å². The van der Waals surface area contributed by atoms with Crippen LogP contribution < -0.4 is 4.74 Å². The topological polar surface area (TPSA) is 47.9 Å². The molecule has 10 rings (SSSR count). The monoisotopic (exact) mass is 653 g/mol. The first-order valence-electron chi connectivity index (χ1n) is 17.3. The summed E-state index contributed by atoms with van der Waals surface area (Å²) in [7, 11) is 0. The van der Waals surface area contributed by atoms with Gasteiger partial charge in [-0.2, -0.15) is 0 Å². The SMILES string of the molecule is Cc1cccc(-c2nc(-c3ccccc3)nc(-c3ccc4c(c3)C3(c5ccccc5Oc5ccccc53)c3ccccc3-c3ccccc3-4)n2)c1. The Morgan fingerprint density at radius 1 is 0.373 bits per heavy atom. The number of para-hydroxylation sites is 2. The first-order valence-corrected chi connectivity index (χ1v) is 17.3. The highest BCUT2D eigenvalue weighted by molar-refractivity contribution is 5.94. The van der Waals surface area contributed by atoms with Crippen LogP contribution in [0.15, 0.2) is 170 Å². The molecule has 1 aliphatic heterocycles. The van der Waals surface area contributed by atoms with Gasteiger partial charge in [0.15, 0.2) is 17.5 Å². The highest BCUT2D eigenvalue weighted by Crippen LogP contribution is 2.61. The van der Waals surface area contributed by atoms with Crippen molar-refractivity contribution in [1.29, 1.82) is 0 Å². The molecule has 0 saturated heterocycles. The van der Waals surface area contributed by atoms with Crippen LogP contribution in [-0.2, 0) is 5.41 Å². The molecule has 7 aromatic carbocycles. The van der Waals surface area contributed by atoms with Crippen molar-refractivity contribution in [2.45, 2.75) is 12.3 Å². The number of benzene rings is 7. The summed E-state index contributed by atoms with van der Waals surface area (Å²) in [6.45, 7) is 2.09. The maximum Gasteiger partial charge on any atom is 0.164 e. The van der Waals surface area contributed by atoms with Gasteiger partial charge in [-0.05, 0) is 64.6 Å². The molecule has 0 bridgehead atoms. The van der Waals surface area contributed by atoms with Gasteiger partial charge >= 0.3 is 0 Å². The fourth-order valence-corrected chi connectivity index (χ4v) is 8.08. The average Bonchev–Trinajstić information content (AvgIpc) is 3.30. The second-order valence-corrected chi connectivity index (χ2v) is 13.2. The molecule has 1 spiro atoms. The van der Waals surface area contributed by atoms with Crippen LogP contribution in [0.3, 0.4) is 0 Å². The lowest BCUT2D eigenvalue weighted by Crippen LogP contribution is -2.34. The highest BCUT2D eigenvalue weighted by atomic mass is 16.5. The summed E-state index contributed by atoms with van der Waals surface area (Å²) in [6.07, 6.45) is 0. The van der Waals surface area contributed by atoms with Crippen molar-refractivity contribution < 1.29 is 4.74 Å². The number of hydrogen-bond donors (Lipinski definition) is 0. The maximum atomic E-state index is 6.67. The second-order valence-electron chi connectivity index (χ2n) is 13.2. The zero-order valence-corrected chi connectivity index (χ0v) is 27.9. The van der Waals surface area contributed by atoms with Crippen molar-refractivity contribution in [1.82, 2.24) is 15.0 Å². The van der Waals surface area contributed by atoms with Gasteiger partial charge in [0.25, 0.3) is 0 Å². The van der Waals surface area contributed by atoms with E-state index < -0.39 is 5.41 Å². The minimum atomic E-state index is -0.707. The van der Waals surface area contributed by atoms with Crippen molar-refractivity contribution in [2.75, 3.05) is 0 Å². The molecule has 0 amide bonds. The minimum Gasteiger partial charge on any atom is -0.457 e. The Morgan fingerprint density at radius 3 is 1.51 bits per heavy atom. The van der Waals surface area contributed by atoms with Crippen LogP contribution in [-0.4, -0.2) is 15.0 Å². The Bertz CT molecular complexity index is 2600. The molecule has 240 valence electrons. The van der Waals surface area contributed by atoms with Crippen molar-refractivity contribution in [3.63, 3.8) is 0 Å². The van der Waals surface area contributed by atoms with Crippen LogP contribution in [0.25, 0.3) is 56.4 Å². The van der Waals surface area contributed by atoms with Crippen LogP contribution in [0.5, 0.6) is 11.5 Å². The van der Waals surface area contributed by atoms with Crippen molar-refractivity contribution in [2.24, 2.45) is 0 Å². The second kappa shape index (κ2) is 11.5. The molecule has 0 N–H and O–H groups in total. The first kappa shape index (κ1) is 29.3. The van der Waals surface area contributed by atoms with Gasteiger partial charge in [-0.15, -0.1) is 0 Å². The van der Waals surface area contributed by atoms with E-state index in [1.54, 1.807) is 0 Å². The van der Waals surface area contributed by atoms with E-state index >= 15 is 0 Å². The summed E-state index contributed by atoms with van der Waals surface area (Å²) in [6, 6.07) is 59.8. The Balaban J connectivity index is 1.32. The van der Waals surface area contributed by atoms with Gasteiger partial charge in [-0.3, -0.25) is 0 Å². The van der Waals surface area contributed by atoms with Gasteiger partial charge < -0.3 is 4.74 Å². The number of nitrogens with zero attached hydrogens (tertiary/aromatic N) is 3. The Hall–Kier alpha value is -6.65. The fourth-order valence-electron chi connectivity index (χ4n) is 8.08. The van der Waals surface area contributed by atoms with Crippen molar-refractivity contribution in [3.8, 4) is 67.9 Å². The minimum absolute atomic E-state index is 0.623. The molecular weight excluding hydrogens is 623 g/mol. The summed E-state index contributed by atoms with van der Waals surface area (Å²) in [5.74, 6) is 3.60. The Kier molecular flexibility index (Phi) is 6.58. The van der Waals surface area contributed by atoms with Crippen molar-refractivity contribution in [3.05, 3.63) is 198 Å². The van der Waals surface area contributed by atoms with E-state index in [0.29, 0.717) is 17.5 Å². The molecule has 2 aliphatic rings. The van der Waals surface area contributed by atoms with Gasteiger partial charge in [-0.25, -0.2) is 15.0 Å². The third-order valence-electron chi connectivity index (χ3n) is 10.3. The molecule has 0 unspecified atom stereocenters. The van der Waals surface area contributed by atoms with E-state index in [9.17, 15) is 0 Å². The van der Waals surface area contributed by atoms with Gasteiger partial charge in [0, 0.05) is 27.8 Å². The summed E-state index contributed by atoms with van der Waals surface area (Å²) in [4.78, 5) is 15.3. The summed E-state index contributed by atoms with van der Waals surface area (Å²) in [5.41, 5.74) is 12.6. The summed E-state index contributed by atoms with van der Waals surface area (Å²) < 4.78 is 6.67. The van der Waals surface area contributed by atoms with E-state index in [2.05, 4.69) is 159 Å². The number of aryl methyl sites for hydroxylation is 1. The third kappa shape index (κ3) is 4.50. The maximum absolute atomic E-state index is 6.67. The largest absolute Gasteiger partial charge is 0.457 e. The fraction of sp³-hybridized carbons (Fsp3) is 0.0426. The quantitative estimate of drug-likeness (QED) is 0.190. The number of aromatic nitrogens is 3. The summed E-state index contributed by atoms with van der Waals surface area (Å²) >= 11 is 0. The molecule has 4 heteroatoms. The molecule has 4 nitrogen and oxygen atoms in total. The third-order valence-corrected chi connectivity index (χ3v) is 10.3. The van der Waals surface area contributed by atoms with E-state index in [4.69, 9.17) is 19.7 Å². The molecule has 2 heterocycles. The van der Waals surface area contributed by atoms with Crippen LogP contribution in [0.2, 0.25) is 0 Å². The smallest absolute Gasteiger partial charge is 0.164 e. The number of rotatable bonds is 3. The average molecular weight is 654 g/mol. The first-order chi connectivity index (χ1) is 25.2. The van der Waals surface area contributed by atoms with Gasteiger partial charge in [0.2, 0.25) is 0 Å². The number of ether oxygens (including phenoxy) is 1. The van der Waals surface area contributed by atoms with Gasteiger partial charge in [0.05, 0.1) is 5.41 Å². The predicted molar refractivity (Wildman–Crippen MR) is 204 cm³/mol. The summed E-state index contributed by atoms with van der Waals surface area (Å²) in [5, 5.41) is 0. The molecular formula is C47H31N3O. The normalized spacial score (nSPS) is 13.1. The Labute approximate surface area is 296 Å². The highest BCUT2D eigenvalue weighted by Gasteiger charge is 2.49. The van der Waals surface area contributed by atoms with E-state index in [1.807, 2.05) is 18.2 Å². The van der Waals surface area contributed by atoms with Gasteiger partial charge in [0.1, 0.15) is 11.5 Å². The molecule has 0 fully saturated rings. The van der Waals surface area contributed by atoms with Crippen LogP contribution >= 0.6 is 0 Å². The lowest BCUT2D eigenvalue weighted by atomic mass is 9.62. The molecule has 0 radical (unpaired) electrons. The Morgan fingerprint density at radius 2 is 0.863 bits per heavy atom. The molecule has 0 atom stereocenters. The van der Waals surface area contributed by atoms with Crippen molar-refractivity contribution >= 4 is 0 Å². The molecule has 8 aromatic rings. The van der Waals surface area contributed by atoms with Crippen LogP contribution in [0.1, 0.15) is 27.8 Å². The van der Waals surface area contributed by atoms with Crippen LogP contribution in [0.4, 0.5) is 0 Å². The van der Waals surface area contributed by atoms with Crippen LogP contribution in [0, 0.1) is 6.92 Å². The zero-order chi connectivity index (χ0) is 33.9. The lowest BCUT2D eigenvalue weighted by Gasteiger charge is -2.42. The van der Waals surface area contributed by atoms with E-state index in [1.165, 1.54) is 22.3 Å². The van der Waals surface area contributed by atoms with E-state index in [0.717, 1.165) is 56.0 Å². The zero-order valence-electron chi connectivity index (χ0n) is 27.9. The lowest BCUT2D eigenvalue weighted by molar-refractivity contribution is 0.435. The van der Waals surface area contributed by atoms with Gasteiger partial charge in [-0.1, -0.05) is 151 Å². The number of hydrogen-bond acceptors (Lipinski definition) is 4. The molecule has 1 aromatic heterocycles. The number of fused-ring (bicyclic) bond motifs is 11.